The molecule has 2 N–H and O–H groups in total. The van der Waals surface area contributed by atoms with Gasteiger partial charge in [-0.2, -0.15) is 5.10 Å². The van der Waals surface area contributed by atoms with Crippen LogP contribution in [0.15, 0.2) is 24.8 Å². The molecule has 4 aliphatic rings. The minimum absolute atomic E-state index is 0.00643. The standard InChI is InChI=1S/C25H34N6O3/c1-16-14-31-23(27-24(16)29-9-7-18(26)15-29)13-19(28-31)20-4-2-3-8-30(20)25(32)17-5-6-21-22(12-17)34-11-10-33-21/h10-11,13-14,17-18,20-22H,2-9,12,15,26H2,1H3/t17?,18-,20-,21?,22?/m0/s1. The molecule has 182 valence electrons. The molecule has 3 fully saturated rings. The smallest absolute Gasteiger partial charge is 0.226 e. The van der Waals surface area contributed by atoms with Gasteiger partial charge in [-0.3, -0.25) is 4.79 Å². The molecule has 2 aromatic rings. The lowest BCUT2D eigenvalue weighted by Gasteiger charge is -2.41. The SMILES string of the molecule is Cc1cn2nc([C@@H]3CCCCN3C(=O)C3CCC4OC=COC4C3)cc2nc1N1CC[C@H](N)C1. The van der Waals surface area contributed by atoms with Crippen molar-refractivity contribution < 1.29 is 14.3 Å². The maximum absolute atomic E-state index is 13.7. The number of nitrogens with two attached hydrogens (primary N) is 1. The van der Waals surface area contributed by atoms with Gasteiger partial charge in [0.25, 0.3) is 0 Å². The first-order valence-electron chi connectivity index (χ1n) is 12.7. The van der Waals surface area contributed by atoms with Gasteiger partial charge in [-0.1, -0.05) is 0 Å². The number of amides is 1. The lowest BCUT2D eigenvalue weighted by atomic mass is 9.83. The average Bonchev–Trinajstić information content (AvgIpc) is 3.48. The summed E-state index contributed by atoms with van der Waals surface area (Å²) in [7, 11) is 0. The molecule has 9 nitrogen and oxygen atoms in total. The molecule has 3 unspecified atom stereocenters. The van der Waals surface area contributed by atoms with Crippen molar-refractivity contribution in [3.05, 3.63) is 36.0 Å². The summed E-state index contributed by atoms with van der Waals surface area (Å²) in [6.45, 7) is 4.63. The number of anilines is 1. The third kappa shape index (κ3) is 3.89. The molecule has 6 rings (SSSR count). The van der Waals surface area contributed by atoms with E-state index in [0.717, 1.165) is 80.9 Å². The van der Waals surface area contributed by atoms with Crippen LogP contribution in [0.1, 0.15) is 62.2 Å². The van der Waals surface area contributed by atoms with E-state index < -0.39 is 0 Å². The fraction of sp³-hybridized carbons (Fsp3) is 0.640. The van der Waals surface area contributed by atoms with Gasteiger partial charge in [0.05, 0.1) is 11.7 Å². The van der Waals surface area contributed by atoms with E-state index in [-0.39, 0.29) is 36.1 Å². The van der Waals surface area contributed by atoms with Gasteiger partial charge in [0, 0.05) is 49.4 Å². The van der Waals surface area contributed by atoms with Crippen LogP contribution in [0.25, 0.3) is 5.65 Å². The van der Waals surface area contributed by atoms with Crippen LogP contribution in [-0.2, 0) is 14.3 Å². The monoisotopic (exact) mass is 466 g/mol. The minimum Gasteiger partial charge on any atom is -0.491 e. The van der Waals surface area contributed by atoms with Crippen LogP contribution in [0.3, 0.4) is 0 Å². The lowest BCUT2D eigenvalue weighted by molar-refractivity contribution is -0.145. The molecule has 0 bridgehead atoms. The van der Waals surface area contributed by atoms with Crippen LogP contribution >= 0.6 is 0 Å². The second kappa shape index (κ2) is 8.76. The predicted octanol–water partition coefficient (Wildman–Crippen LogP) is 2.68. The summed E-state index contributed by atoms with van der Waals surface area (Å²) < 4.78 is 13.3. The maximum atomic E-state index is 13.7. The van der Waals surface area contributed by atoms with Gasteiger partial charge in [-0.05, 0) is 51.9 Å². The zero-order valence-electron chi connectivity index (χ0n) is 19.8. The highest BCUT2D eigenvalue weighted by atomic mass is 16.6. The molecule has 1 amide bonds. The van der Waals surface area contributed by atoms with Gasteiger partial charge >= 0.3 is 0 Å². The second-order valence-electron chi connectivity index (χ2n) is 10.3. The van der Waals surface area contributed by atoms with Crippen LogP contribution < -0.4 is 10.6 Å². The number of hydrogen-bond donors (Lipinski definition) is 1. The zero-order valence-corrected chi connectivity index (χ0v) is 19.8. The molecule has 0 aromatic carbocycles. The number of ether oxygens (including phenoxy) is 2. The van der Waals surface area contributed by atoms with Gasteiger partial charge in [-0.25, -0.2) is 9.50 Å². The number of rotatable bonds is 3. The van der Waals surface area contributed by atoms with E-state index in [9.17, 15) is 4.79 Å². The highest BCUT2D eigenvalue weighted by molar-refractivity contribution is 5.79. The summed E-state index contributed by atoms with van der Waals surface area (Å²) in [6.07, 6.45) is 11.8. The zero-order chi connectivity index (χ0) is 23.2. The van der Waals surface area contributed by atoms with Crippen molar-refractivity contribution >= 4 is 17.4 Å². The van der Waals surface area contributed by atoms with Gasteiger partial charge in [0.2, 0.25) is 5.91 Å². The second-order valence-corrected chi connectivity index (χ2v) is 10.3. The van der Waals surface area contributed by atoms with Gasteiger partial charge in [0.15, 0.2) is 5.65 Å². The summed E-state index contributed by atoms with van der Waals surface area (Å²) in [5, 5.41) is 4.89. The van der Waals surface area contributed by atoms with E-state index in [4.69, 9.17) is 25.3 Å². The average molecular weight is 467 g/mol. The summed E-state index contributed by atoms with van der Waals surface area (Å²) in [4.78, 5) is 23.0. The van der Waals surface area contributed by atoms with Crippen molar-refractivity contribution in [2.45, 2.75) is 76.2 Å². The fourth-order valence-electron chi connectivity index (χ4n) is 6.11. The van der Waals surface area contributed by atoms with Crippen LogP contribution in [0.5, 0.6) is 0 Å². The van der Waals surface area contributed by atoms with Gasteiger partial charge in [0.1, 0.15) is 30.5 Å². The Morgan fingerprint density at radius 2 is 1.94 bits per heavy atom. The van der Waals surface area contributed by atoms with Crippen molar-refractivity contribution in [2.75, 3.05) is 24.5 Å². The van der Waals surface area contributed by atoms with Crippen LogP contribution in [0.2, 0.25) is 0 Å². The number of piperidine rings is 1. The van der Waals surface area contributed by atoms with Gasteiger partial charge < -0.3 is 25.0 Å². The summed E-state index contributed by atoms with van der Waals surface area (Å²) in [6, 6.07) is 2.26. The van der Waals surface area contributed by atoms with Crippen molar-refractivity contribution in [1.82, 2.24) is 19.5 Å². The Bertz CT molecular complexity index is 1100. The molecule has 9 heteroatoms. The molecule has 1 aliphatic carbocycles. The summed E-state index contributed by atoms with van der Waals surface area (Å²) in [5.74, 6) is 1.19. The van der Waals surface area contributed by atoms with Crippen molar-refractivity contribution in [3.8, 4) is 0 Å². The van der Waals surface area contributed by atoms with Crippen molar-refractivity contribution in [3.63, 3.8) is 0 Å². The van der Waals surface area contributed by atoms with Crippen molar-refractivity contribution in [1.29, 1.82) is 0 Å². The number of hydrogen-bond acceptors (Lipinski definition) is 7. The Labute approximate surface area is 199 Å². The molecule has 5 heterocycles. The topological polar surface area (TPSA) is 98.2 Å². The largest absolute Gasteiger partial charge is 0.491 e. The molecule has 34 heavy (non-hydrogen) atoms. The van der Waals surface area contributed by atoms with Crippen LogP contribution in [0.4, 0.5) is 5.82 Å². The molecule has 1 saturated carbocycles. The molecule has 2 saturated heterocycles. The predicted molar refractivity (Wildman–Crippen MR) is 127 cm³/mol. The van der Waals surface area contributed by atoms with Crippen molar-refractivity contribution in [2.24, 2.45) is 11.7 Å². The summed E-state index contributed by atoms with van der Waals surface area (Å²) >= 11 is 0. The number of carbonyl (C=O) groups excluding carboxylic acids is 1. The lowest BCUT2D eigenvalue weighted by Crippen LogP contribution is -2.47. The van der Waals surface area contributed by atoms with Crippen LogP contribution in [0, 0.1) is 12.8 Å². The van der Waals surface area contributed by atoms with E-state index in [1.807, 2.05) is 4.52 Å². The van der Waals surface area contributed by atoms with E-state index >= 15 is 0 Å². The summed E-state index contributed by atoms with van der Waals surface area (Å²) in [5.41, 5.74) is 8.98. The Morgan fingerprint density at radius 3 is 2.76 bits per heavy atom. The molecule has 0 radical (unpaired) electrons. The van der Waals surface area contributed by atoms with E-state index in [0.29, 0.717) is 6.42 Å². The van der Waals surface area contributed by atoms with E-state index in [1.165, 1.54) is 0 Å². The molecular formula is C25H34N6O3. The first kappa shape index (κ1) is 21.7. The minimum atomic E-state index is -0.0320. The molecular weight excluding hydrogens is 432 g/mol. The highest BCUT2D eigenvalue weighted by Gasteiger charge is 2.41. The molecule has 0 spiro atoms. The first-order valence-corrected chi connectivity index (χ1v) is 12.7. The third-order valence-corrected chi connectivity index (χ3v) is 7.92. The van der Waals surface area contributed by atoms with E-state index in [2.05, 4.69) is 29.0 Å². The molecule has 2 aromatic heterocycles. The van der Waals surface area contributed by atoms with Gasteiger partial charge in [-0.15, -0.1) is 0 Å². The third-order valence-electron chi connectivity index (χ3n) is 7.92. The molecule has 5 atom stereocenters. The fourth-order valence-corrected chi connectivity index (χ4v) is 6.11. The Kier molecular flexibility index (Phi) is 5.59. The van der Waals surface area contributed by atoms with E-state index in [1.54, 1.807) is 12.5 Å². The number of nitrogens with zero attached hydrogens (tertiary/aromatic N) is 5. The number of carbonyl (C=O) groups is 1. The Hall–Kier alpha value is -2.81. The highest BCUT2D eigenvalue weighted by Crippen LogP contribution is 2.37. The molecule has 3 aliphatic heterocycles. The normalized spacial score (nSPS) is 31.3. The quantitative estimate of drug-likeness (QED) is 0.743. The number of likely N-dealkylation sites (tertiary alicyclic amines) is 1. The number of aromatic nitrogens is 3. The Morgan fingerprint density at radius 1 is 1.09 bits per heavy atom. The van der Waals surface area contributed by atoms with Crippen LogP contribution in [-0.4, -0.2) is 63.3 Å². The Balaban J connectivity index is 1.24. The number of fused-ring (bicyclic) bond motifs is 2. The first-order chi connectivity index (χ1) is 16.6. The maximum Gasteiger partial charge on any atom is 0.226 e. The number of aryl methyl sites for hydroxylation is 1.